The van der Waals surface area contributed by atoms with Gasteiger partial charge in [-0.25, -0.2) is 0 Å². The van der Waals surface area contributed by atoms with Gasteiger partial charge >= 0.3 is 0 Å². The molecular formula is C23H30N2O4. The van der Waals surface area contributed by atoms with Crippen molar-refractivity contribution < 1.29 is 19.1 Å². The van der Waals surface area contributed by atoms with Crippen molar-refractivity contribution in [3.05, 3.63) is 59.2 Å². The van der Waals surface area contributed by atoms with Gasteiger partial charge in [0, 0.05) is 24.2 Å². The summed E-state index contributed by atoms with van der Waals surface area (Å²) in [7, 11) is 3.19. The van der Waals surface area contributed by atoms with Gasteiger partial charge in [-0.15, -0.1) is 0 Å². The average Bonchev–Trinajstić information content (AvgIpc) is 2.73. The predicted molar refractivity (Wildman–Crippen MR) is 114 cm³/mol. The van der Waals surface area contributed by atoms with E-state index in [-0.39, 0.29) is 11.8 Å². The Morgan fingerprint density at radius 1 is 0.862 bits per heavy atom. The molecule has 0 bridgehead atoms. The zero-order chi connectivity index (χ0) is 21.2. The maximum absolute atomic E-state index is 12.4. The summed E-state index contributed by atoms with van der Waals surface area (Å²) in [4.78, 5) is 24.7. The lowest BCUT2D eigenvalue weighted by molar-refractivity contribution is 0.0951. The van der Waals surface area contributed by atoms with Crippen molar-refractivity contribution in [1.29, 1.82) is 0 Å². The van der Waals surface area contributed by atoms with E-state index in [2.05, 4.69) is 24.5 Å². The topological polar surface area (TPSA) is 76.7 Å². The maximum atomic E-state index is 12.4. The molecule has 0 saturated carbocycles. The number of carbonyl (C=O) groups excluding carboxylic acids is 2. The van der Waals surface area contributed by atoms with Crippen molar-refractivity contribution in [3.63, 3.8) is 0 Å². The van der Waals surface area contributed by atoms with E-state index in [9.17, 15) is 9.59 Å². The molecule has 29 heavy (non-hydrogen) atoms. The summed E-state index contributed by atoms with van der Waals surface area (Å²) < 4.78 is 10.5. The first-order chi connectivity index (χ1) is 13.9. The number of rotatable bonds is 10. The first-order valence-electron chi connectivity index (χ1n) is 9.82. The first-order valence-corrected chi connectivity index (χ1v) is 9.82. The average molecular weight is 399 g/mol. The number of hydrogen-bond donors (Lipinski definition) is 2. The molecule has 6 heteroatoms. The summed E-state index contributed by atoms with van der Waals surface area (Å²) in [5.74, 6) is 1.49. The van der Waals surface area contributed by atoms with Crippen LogP contribution >= 0.6 is 0 Å². The van der Waals surface area contributed by atoms with Gasteiger partial charge in [0.1, 0.15) is 0 Å². The SMILES string of the molecule is COc1ccc(CCNC(=O)c2cccc(C(=O)NCCC(C)C)c2)cc1OC. The van der Waals surface area contributed by atoms with Crippen LogP contribution in [-0.2, 0) is 6.42 Å². The standard InChI is InChI=1S/C23H30N2O4/c1-16(2)10-12-24-22(26)18-6-5-7-19(15-18)23(27)25-13-11-17-8-9-20(28-3)21(14-17)29-4/h5-9,14-16H,10-13H2,1-4H3,(H,24,26)(H,25,27). The van der Waals surface area contributed by atoms with Crippen molar-refractivity contribution in [2.45, 2.75) is 26.7 Å². The summed E-state index contributed by atoms with van der Waals surface area (Å²) in [5.41, 5.74) is 1.98. The minimum Gasteiger partial charge on any atom is -0.493 e. The molecule has 0 saturated heterocycles. The molecule has 0 aliphatic rings. The minimum absolute atomic E-state index is 0.161. The summed E-state index contributed by atoms with van der Waals surface area (Å²) in [6.07, 6.45) is 1.57. The van der Waals surface area contributed by atoms with E-state index < -0.39 is 0 Å². The predicted octanol–water partition coefficient (Wildman–Crippen LogP) is 3.45. The van der Waals surface area contributed by atoms with Gasteiger partial charge in [-0.3, -0.25) is 9.59 Å². The molecule has 6 nitrogen and oxygen atoms in total. The van der Waals surface area contributed by atoms with Crippen molar-refractivity contribution in [2.24, 2.45) is 5.92 Å². The van der Waals surface area contributed by atoms with E-state index in [1.807, 2.05) is 18.2 Å². The molecule has 0 aromatic heterocycles. The number of methoxy groups -OCH3 is 2. The Labute approximate surface area is 172 Å². The Morgan fingerprint density at radius 3 is 2.07 bits per heavy atom. The van der Waals surface area contributed by atoms with Crippen LogP contribution in [0.3, 0.4) is 0 Å². The van der Waals surface area contributed by atoms with Crippen LogP contribution in [0.15, 0.2) is 42.5 Å². The molecule has 2 aromatic rings. The van der Waals surface area contributed by atoms with Crippen LogP contribution in [-0.4, -0.2) is 39.1 Å². The van der Waals surface area contributed by atoms with Gasteiger partial charge in [-0.05, 0) is 54.7 Å². The van der Waals surface area contributed by atoms with Crippen LogP contribution in [0, 0.1) is 5.92 Å². The second kappa shape index (κ2) is 11.1. The van der Waals surface area contributed by atoms with Crippen LogP contribution in [0.5, 0.6) is 11.5 Å². The molecule has 2 rings (SSSR count). The lowest BCUT2D eigenvalue weighted by Gasteiger charge is -2.11. The van der Waals surface area contributed by atoms with Crippen molar-refractivity contribution in [1.82, 2.24) is 10.6 Å². The molecule has 0 heterocycles. The van der Waals surface area contributed by atoms with Crippen molar-refractivity contribution in [2.75, 3.05) is 27.3 Å². The summed E-state index contributed by atoms with van der Waals surface area (Å²) in [6, 6.07) is 12.4. The number of amides is 2. The zero-order valence-corrected chi connectivity index (χ0v) is 17.6. The van der Waals surface area contributed by atoms with Crippen molar-refractivity contribution >= 4 is 11.8 Å². The molecule has 0 radical (unpaired) electrons. The molecule has 2 amide bonds. The summed E-state index contributed by atoms with van der Waals surface area (Å²) >= 11 is 0. The molecule has 0 atom stereocenters. The molecule has 2 aromatic carbocycles. The van der Waals surface area contributed by atoms with Crippen LogP contribution in [0.4, 0.5) is 0 Å². The lowest BCUT2D eigenvalue weighted by atomic mass is 10.1. The highest BCUT2D eigenvalue weighted by Gasteiger charge is 2.11. The van der Waals surface area contributed by atoms with Gasteiger partial charge in [0.05, 0.1) is 14.2 Å². The molecule has 156 valence electrons. The van der Waals surface area contributed by atoms with E-state index in [0.29, 0.717) is 48.1 Å². The summed E-state index contributed by atoms with van der Waals surface area (Å²) in [6.45, 7) is 5.32. The Hall–Kier alpha value is -3.02. The van der Waals surface area contributed by atoms with Crippen LogP contribution in [0.25, 0.3) is 0 Å². The lowest BCUT2D eigenvalue weighted by Crippen LogP contribution is -2.27. The molecule has 0 spiro atoms. The third kappa shape index (κ3) is 6.82. The Balaban J connectivity index is 1.90. The van der Waals surface area contributed by atoms with Crippen LogP contribution in [0.1, 0.15) is 46.5 Å². The fraction of sp³-hybridized carbons (Fsp3) is 0.391. The molecular weight excluding hydrogens is 368 g/mol. The minimum atomic E-state index is -0.206. The van der Waals surface area contributed by atoms with Gasteiger partial charge in [0.25, 0.3) is 11.8 Å². The molecule has 0 aliphatic heterocycles. The zero-order valence-electron chi connectivity index (χ0n) is 17.6. The van der Waals surface area contributed by atoms with Crippen LogP contribution in [0.2, 0.25) is 0 Å². The molecule has 2 N–H and O–H groups in total. The second-order valence-electron chi connectivity index (χ2n) is 7.21. The van der Waals surface area contributed by atoms with Gasteiger partial charge in [0.2, 0.25) is 0 Å². The first kappa shape index (κ1) is 22.3. The molecule has 0 aliphatic carbocycles. The van der Waals surface area contributed by atoms with E-state index in [1.165, 1.54) is 0 Å². The highest BCUT2D eigenvalue weighted by Crippen LogP contribution is 2.27. The van der Waals surface area contributed by atoms with Gasteiger partial charge in [-0.2, -0.15) is 0 Å². The molecule has 0 unspecified atom stereocenters. The number of nitrogens with one attached hydrogen (secondary N) is 2. The highest BCUT2D eigenvalue weighted by molar-refractivity contribution is 5.99. The van der Waals surface area contributed by atoms with Gasteiger partial charge in [-0.1, -0.05) is 26.0 Å². The largest absolute Gasteiger partial charge is 0.493 e. The second-order valence-corrected chi connectivity index (χ2v) is 7.21. The Bertz CT molecular complexity index is 833. The molecule has 0 fully saturated rings. The monoisotopic (exact) mass is 398 g/mol. The number of carbonyl (C=O) groups is 2. The highest BCUT2D eigenvalue weighted by atomic mass is 16.5. The van der Waals surface area contributed by atoms with E-state index in [4.69, 9.17) is 9.47 Å². The Kier molecular flexibility index (Phi) is 8.52. The normalized spacial score (nSPS) is 10.5. The number of benzene rings is 2. The number of hydrogen-bond acceptors (Lipinski definition) is 4. The smallest absolute Gasteiger partial charge is 0.251 e. The fourth-order valence-corrected chi connectivity index (χ4v) is 2.84. The Morgan fingerprint density at radius 2 is 1.48 bits per heavy atom. The number of ether oxygens (including phenoxy) is 2. The van der Waals surface area contributed by atoms with Gasteiger partial charge < -0.3 is 20.1 Å². The van der Waals surface area contributed by atoms with Gasteiger partial charge in [0.15, 0.2) is 11.5 Å². The third-order valence-corrected chi connectivity index (χ3v) is 4.54. The fourth-order valence-electron chi connectivity index (χ4n) is 2.84. The van der Waals surface area contributed by atoms with Crippen LogP contribution < -0.4 is 20.1 Å². The van der Waals surface area contributed by atoms with Crippen molar-refractivity contribution in [3.8, 4) is 11.5 Å². The van der Waals surface area contributed by atoms with E-state index in [1.54, 1.807) is 38.5 Å². The third-order valence-electron chi connectivity index (χ3n) is 4.54. The summed E-state index contributed by atoms with van der Waals surface area (Å²) in [5, 5.41) is 5.78. The maximum Gasteiger partial charge on any atom is 0.251 e. The van der Waals surface area contributed by atoms with E-state index in [0.717, 1.165) is 12.0 Å². The van der Waals surface area contributed by atoms with E-state index >= 15 is 0 Å². The quantitative estimate of drug-likeness (QED) is 0.643.